The zero-order valence-electron chi connectivity index (χ0n) is 20.7. The van der Waals surface area contributed by atoms with Gasteiger partial charge in [0.2, 0.25) is 0 Å². The lowest BCUT2D eigenvalue weighted by Gasteiger charge is -2.15. The molecule has 0 radical (unpaired) electrons. The highest BCUT2D eigenvalue weighted by Crippen LogP contribution is 2.25. The number of aromatic nitrogens is 6. The summed E-state index contributed by atoms with van der Waals surface area (Å²) in [5, 5.41) is 11.6. The van der Waals surface area contributed by atoms with Gasteiger partial charge in [-0.1, -0.05) is 23.8 Å². The minimum Gasteiger partial charge on any atom is -0.475 e. The van der Waals surface area contributed by atoms with Gasteiger partial charge in [-0.2, -0.15) is 18.3 Å². The second kappa shape index (κ2) is 11.1. The van der Waals surface area contributed by atoms with Crippen LogP contribution >= 0.6 is 0 Å². The van der Waals surface area contributed by atoms with Crippen LogP contribution in [0, 0.1) is 6.92 Å². The molecule has 5 aromatic rings. The molecule has 13 heteroatoms. The van der Waals surface area contributed by atoms with E-state index in [1.54, 1.807) is 42.9 Å². The van der Waals surface area contributed by atoms with Crippen LogP contribution in [-0.4, -0.2) is 64.2 Å². The van der Waals surface area contributed by atoms with Crippen molar-refractivity contribution in [3.05, 3.63) is 96.5 Å². The van der Waals surface area contributed by atoms with Crippen LogP contribution in [0.3, 0.4) is 0 Å². The van der Waals surface area contributed by atoms with Crippen molar-refractivity contribution >= 4 is 17.4 Å². The summed E-state index contributed by atoms with van der Waals surface area (Å²) in [5.74, 6) is -2.34. The van der Waals surface area contributed by atoms with Crippen molar-refractivity contribution in [1.29, 1.82) is 0 Å². The fourth-order valence-electron chi connectivity index (χ4n) is 3.63. The van der Waals surface area contributed by atoms with Crippen molar-refractivity contribution in [2.24, 2.45) is 0 Å². The molecule has 10 nitrogen and oxygen atoms in total. The zero-order valence-corrected chi connectivity index (χ0v) is 20.7. The molecule has 0 fully saturated rings. The number of hydrogen-bond acceptors (Lipinski definition) is 6. The Kier molecular flexibility index (Phi) is 7.70. The van der Waals surface area contributed by atoms with Crippen molar-refractivity contribution in [3.8, 4) is 17.2 Å². The largest absolute Gasteiger partial charge is 0.490 e. The maximum absolute atomic E-state index is 13.3. The number of hydrogen-bond donors (Lipinski definition) is 1. The number of pyridine rings is 1. The summed E-state index contributed by atoms with van der Waals surface area (Å²) in [5.41, 5.74) is 4.65. The first-order valence-corrected chi connectivity index (χ1v) is 11.4. The van der Waals surface area contributed by atoms with Crippen LogP contribution in [0.5, 0.6) is 0 Å². The lowest BCUT2D eigenvalue weighted by molar-refractivity contribution is -0.192. The van der Waals surface area contributed by atoms with Crippen LogP contribution in [0.25, 0.3) is 22.7 Å². The zero-order chi connectivity index (χ0) is 28.2. The van der Waals surface area contributed by atoms with Crippen LogP contribution in [0.1, 0.15) is 21.7 Å². The summed E-state index contributed by atoms with van der Waals surface area (Å²) in [6, 6.07) is 15.6. The second-order valence-corrected chi connectivity index (χ2v) is 8.36. The van der Waals surface area contributed by atoms with Crippen LogP contribution < -0.4 is 0 Å². The lowest BCUT2D eigenvalue weighted by atomic mass is 10.2. The highest BCUT2D eigenvalue weighted by atomic mass is 19.4. The number of amides is 1. The fourth-order valence-corrected chi connectivity index (χ4v) is 3.63. The number of imidazole rings is 1. The van der Waals surface area contributed by atoms with Gasteiger partial charge in [0.1, 0.15) is 5.69 Å². The normalized spacial score (nSPS) is 11.1. The van der Waals surface area contributed by atoms with E-state index < -0.39 is 12.1 Å². The van der Waals surface area contributed by atoms with Crippen molar-refractivity contribution < 1.29 is 27.9 Å². The van der Waals surface area contributed by atoms with E-state index in [-0.39, 0.29) is 5.91 Å². The maximum Gasteiger partial charge on any atom is 0.490 e. The standard InChI is InChI=1S/C24H21N7O.C2HF3O2/c1-17-6-8-19(9-7-17)31-20(10-12-27-31)23-28-22(21-15-25-13-14-30(21)23)24(32)29(2)16-18-5-3-4-11-26-18;3-2(4,5)1(6)7/h3-15H,16H2,1-2H3;(H,6,7). The van der Waals surface area contributed by atoms with Crippen LogP contribution in [0.15, 0.2) is 79.5 Å². The molecule has 4 aromatic heterocycles. The number of aliphatic carboxylic acids is 1. The molecule has 1 amide bonds. The van der Waals surface area contributed by atoms with Gasteiger partial charge >= 0.3 is 12.1 Å². The van der Waals surface area contributed by atoms with Crippen molar-refractivity contribution in [2.75, 3.05) is 7.05 Å². The highest BCUT2D eigenvalue weighted by Gasteiger charge is 2.38. The molecule has 0 aliphatic carbocycles. The molecule has 0 spiro atoms. The average molecular weight is 538 g/mol. The summed E-state index contributed by atoms with van der Waals surface area (Å²) in [6.45, 7) is 2.43. The quantitative estimate of drug-likeness (QED) is 0.357. The third-order valence-electron chi connectivity index (χ3n) is 5.51. The smallest absolute Gasteiger partial charge is 0.475 e. The van der Waals surface area contributed by atoms with Gasteiger partial charge in [-0.25, -0.2) is 14.5 Å². The van der Waals surface area contributed by atoms with E-state index in [0.29, 0.717) is 23.6 Å². The van der Waals surface area contributed by atoms with E-state index in [0.717, 1.165) is 17.1 Å². The maximum atomic E-state index is 13.3. The molecule has 39 heavy (non-hydrogen) atoms. The number of carboxylic acids is 1. The molecule has 1 aromatic carbocycles. The predicted molar refractivity (Wildman–Crippen MR) is 134 cm³/mol. The summed E-state index contributed by atoms with van der Waals surface area (Å²) in [4.78, 5) is 37.1. The minimum atomic E-state index is -5.08. The number of rotatable bonds is 5. The van der Waals surface area contributed by atoms with E-state index in [2.05, 4.69) is 15.1 Å². The molecule has 1 N–H and O–H groups in total. The molecule has 5 rings (SSSR count). The average Bonchev–Trinajstić information content (AvgIpc) is 3.54. The Morgan fingerprint density at radius 1 is 1.03 bits per heavy atom. The molecule has 4 heterocycles. The van der Waals surface area contributed by atoms with Gasteiger partial charge in [0, 0.05) is 25.6 Å². The first kappa shape index (κ1) is 27.0. The molecule has 0 bridgehead atoms. The fraction of sp³-hybridized carbons (Fsp3) is 0.154. The van der Waals surface area contributed by atoms with E-state index in [1.165, 1.54) is 5.56 Å². The molecule has 0 unspecified atom stereocenters. The first-order chi connectivity index (χ1) is 18.6. The van der Waals surface area contributed by atoms with Crippen molar-refractivity contribution in [3.63, 3.8) is 0 Å². The van der Waals surface area contributed by atoms with Crippen LogP contribution in [0.2, 0.25) is 0 Å². The first-order valence-electron chi connectivity index (χ1n) is 11.4. The van der Waals surface area contributed by atoms with Gasteiger partial charge in [-0.3, -0.25) is 19.2 Å². The Morgan fingerprint density at radius 2 is 1.74 bits per heavy atom. The number of aryl methyl sites for hydroxylation is 1. The minimum absolute atomic E-state index is 0.200. The third-order valence-corrected chi connectivity index (χ3v) is 5.51. The number of carboxylic acid groups (broad SMARTS) is 1. The molecule has 200 valence electrons. The van der Waals surface area contributed by atoms with Gasteiger partial charge in [-0.15, -0.1) is 0 Å². The number of alkyl halides is 3. The van der Waals surface area contributed by atoms with E-state index >= 15 is 0 Å². The van der Waals surface area contributed by atoms with Crippen LogP contribution in [-0.2, 0) is 11.3 Å². The number of carbonyl (C=O) groups is 2. The van der Waals surface area contributed by atoms with Gasteiger partial charge in [-0.05, 0) is 37.3 Å². The number of benzene rings is 1. The number of fused-ring (bicyclic) bond motifs is 1. The van der Waals surface area contributed by atoms with Gasteiger partial charge < -0.3 is 10.0 Å². The predicted octanol–water partition coefficient (Wildman–Crippen LogP) is 4.19. The Morgan fingerprint density at radius 3 is 2.38 bits per heavy atom. The molecular weight excluding hydrogens is 515 g/mol. The molecule has 0 saturated carbocycles. The third kappa shape index (κ3) is 6.09. The summed E-state index contributed by atoms with van der Waals surface area (Å²) >= 11 is 0. The molecule has 0 aliphatic rings. The van der Waals surface area contributed by atoms with Crippen molar-refractivity contribution in [1.82, 2.24) is 34.0 Å². The highest BCUT2D eigenvalue weighted by molar-refractivity contribution is 5.99. The summed E-state index contributed by atoms with van der Waals surface area (Å²) < 4.78 is 35.4. The van der Waals surface area contributed by atoms with Gasteiger partial charge in [0.15, 0.2) is 11.5 Å². The van der Waals surface area contributed by atoms with Gasteiger partial charge in [0.05, 0.1) is 35.8 Å². The Balaban J connectivity index is 0.000000448. The van der Waals surface area contributed by atoms with Crippen LogP contribution in [0.4, 0.5) is 13.2 Å². The SMILES string of the molecule is Cc1ccc(-n2nccc2-c2nc(C(=O)N(C)Cc3ccccn3)c3cnccn23)cc1.O=C(O)C(F)(F)F. The molecular formula is C26H22F3N7O3. The number of halogens is 3. The number of nitrogens with zero attached hydrogens (tertiary/aromatic N) is 7. The molecule has 0 saturated heterocycles. The summed E-state index contributed by atoms with van der Waals surface area (Å²) in [7, 11) is 1.74. The molecule has 0 aliphatic heterocycles. The van der Waals surface area contributed by atoms with Crippen molar-refractivity contribution in [2.45, 2.75) is 19.6 Å². The monoisotopic (exact) mass is 537 g/mol. The van der Waals surface area contributed by atoms with E-state index in [9.17, 15) is 18.0 Å². The topological polar surface area (TPSA) is 119 Å². The number of carbonyl (C=O) groups excluding carboxylic acids is 1. The van der Waals surface area contributed by atoms with Gasteiger partial charge in [0.25, 0.3) is 5.91 Å². The Bertz CT molecular complexity index is 1600. The second-order valence-electron chi connectivity index (χ2n) is 8.36. The lowest BCUT2D eigenvalue weighted by Crippen LogP contribution is -2.27. The Hall–Kier alpha value is -5.07. The Labute approximate surface area is 220 Å². The van der Waals surface area contributed by atoms with E-state index in [1.807, 2.05) is 64.5 Å². The van der Waals surface area contributed by atoms with E-state index in [4.69, 9.17) is 14.9 Å². The molecule has 0 atom stereocenters. The summed E-state index contributed by atoms with van der Waals surface area (Å²) in [6.07, 6.45) is 3.50.